The van der Waals surface area contributed by atoms with Crippen molar-refractivity contribution >= 4 is 27.9 Å². The third kappa shape index (κ3) is 4.62. The van der Waals surface area contributed by atoms with E-state index in [1.165, 1.54) is 0 Å². The van der Waals surface area contributed by atoms with Gasteiger partial charge in [-0.05, 0) is 63.8 Å². The lowest BCUT2D eigenvalue weighted by Crippen LogP contribution is -2.45. The molecule has 218 valence electrons. The van der Waals surface area contributed by atoms with E-state index in [9.17, 15) is 0 Å². The molecule has 42 heavy (non-hydrogen) atoms. The molecule has 2 fully saturated rings. The summed E-state index contributed by atoms with van der Waals surface area (Å²) in [4.78, 5) is 12.6. The molecule has 3 atom stereocenters. The second kappa shape index (κ2) is 10.7. The van der Waals surface area contributed by atoms with Crippen molar-refractivity contribution < 1.29 is 13.9 Å². The van der Waals surface area contributed by atoms with Gasteiger partial charge in [0.15, 0.2) is 0 Å². The smallest absolute Gasteiger partial charge is 0.145 e. The number of aryl methyl sites for hydroxylation is 2. The second-order valence-electron chi connectivity index (χ2n) is 11.7. The number of halogens is 1. The summed E-state index contributed by atoms with van der Waals surface area (Å²) >= 11 is 0. The first-order valence-electron chi connectivity index (χ1n) is 14.8. The number of anilines is 1. The van der Waals surface area contributed by atoms with Crippen LogP contribution in [0.5, 0.6) is 0 Å². The van der Waals surface area contributed by atoms with E-state index in [-0.39, 0.29) is 30.0 Å². The van der Waals surface area contributed by atoms with Crippen LogP contribution in [0.4, 0.5) is 10.2 Å². The average Bonchev–Trinajstić information content (AvgIpc) is 3.49. The Morgan fingerprint density at radius 2 is 1.79 bits per heavy atom. The number of hydrogen-bond donors (Lipinski definition) is 0. The van der Waals surface area contributed by atoms with Gasteiger partial charge in [0.1, 0.15) is 17.3 Å². The number of morpholine rings is 1. The van der Waals surface area contributed by atoms with Crippen LogP contribution in [0.15, 0.2) is 48.7 Å². The minimum Gasteiger partial charge on any atom is -0.381 e. The van der Waals surface area contributed by atoms with E-state index in [0.717, 1.165) is 70.8 Å². The van der Waals surface area contributed by atoms with Crippen molar-refractivity contribution in [3.05, 3.63) is 65.7 Å². The summed E-state index contributed by atoms with van der Waals surface area (Å²) in [6.07, 6.45) is 3.74. The Morgan fingerprint density at radius 3 is 2.50 bits per heavy atom. The summed E-state index contributed by atoms with van der Waals surface area (Å²) < 4.78 is 31.5. The Hall–Kier alpha value is -3.89. The van der Waals surface area contributed by atoms with E-state index in [0.29, 0.717) is 18.8 Å². The average molecular weight is 570 g/mol. The predicted octanol–water partition coefficient (Wildman–Crippen LogP) is 5.46. The van der Waals surface area contributed by atoms with E-state index < -0.39 is 0 Å². The van der Waals surface area contributed by atoms with Crippen LogP contribution in [-0.2, 0) is 16.5 Å². The van der Waals surface area contributed by atoms with Crippen LogP contribution in [0.3, 0.4) is 0 Å². The number of ether oxygens (including phenoxy) is 2. The maximum Gasteiger partial charge on any atom is 0.145 e. The predicted molar refractivity (Wildman–Crippen MR) is 160 cm³/mol. The van der Waals surface area contributed by atoms with Gasteiger partial charge in [0, 0.05) is 56.1 Å². The minimum atomic E-state index is -0.289. The van der Waals surface area contributed by atoms with Crippen LogP contribution < -0.4 is 4.90 Å². The molecule has 5 aromatic rings. The first-order valence-corrected chi connectivity index (χ1v) is 14.8. The zero-order valence-electron chi connectivity index (χ0n) is 24.5. The third-order valence-electron chi connectivity index (χ3n) is 8.70. The topological polar surface area (TPSA) is 83.1 Å². The standard InChI is InChI=1S/C32H36FN7O2/c1-19-17-39(18-20(2)42-19)28-10-9-25-29-27(15-23(16-34-29)30-21(3)36-37-38(30)4)40(32(25)35-28)31(22-11-13-41-14-12-22)24-7-5-6-8-26(24)33/h5-10,15-16,19-20,22,31H,11-14,17-18H2,1-4H3/t19-,20+,31-/m0/s1. The molecule has 2 aliphatic rings. The molecule has 7 rings (SSSR count). The zero-order valence-corrected chi connectivity index (χ0v) is 24.5. The fourth-order valence-electron chi connectivity index (χ4n) is 6.92. The molecule has 0 unspecified atom stereocenters. The molecule has 0 saturated carbocycles. The number of aromatic nitrogens is 6. The van der Waals surface area contributed by atoms with Gasteiger partial charge in [-0.25, -0.2) is 14.1 Å². The molecular formula is C32H36FN7O2. The van der Waals surface area contributed by atoms with Crippen molar-refractivity contribution in [3.63, 3.8) is 0 Å². The molecule has 0 aliphatic carbocycles. The summed E-state index contributed by atoms with van der Waals surface area (Å²) in [6, 6.07) is 13.2. The summed E-state index contributed by atoms with van der Waals surface area (Å²) in [5.74, 6) is 0.832. The van der Waals surface area contributed by atoms with Gasteiger partial charge in [0.25, 0.3) is 0 Å². The second-order valence-corrected chi connectivity index (χ2v) is 11.7. The Balaban J connectivity index is 1.51. The Labute approximate surface area is 244 Å². The third-order valence-corrected chi connectivity index (χ3v) is 8.70. The van der Waals surface area contributed by atoms with Crippen molar-refractivity contribution in [1.82, 2.24) is 29.5 Å². The number of nitrogens with zero attached hydrogens (tertiary/aromatic N) is 7. The largest absolute Gasteiger partial charge is 0.381 e. The maximum absolute atomic E-state index is 15.7. The molecule has 2 saturated heterocycles. The van der Waals surface area contributed by atoms with Crippen molar-refractivity contribution in [2.24, 2.45) is 13.0 Å². The molecule has 0 N–H and O–H groups in total. The van der Waals surface area contributed by atoms with Crippen molar-refractivity contribution in [2.75, 3.05) is 31.2 Å². The molecule has 4 aromatic heterocycles. The van der Waals surface area contributed by atoms with Crippen LogP contribution in [-0.4, -0.2) is 68.0 Å². The van der Waals surface area contributed by atoms with Crippen LogP contribution in [0, 0.1) is 18.7 Å². The number of benzene rings is 1. The van der Waals surface area contributed by atoms with E-state index in [1.807, 2.05) is 32.3 Å². The maximum atomic E-state index is 15.7. The fourth-order valence-corrected chi connectivity index (χ4v) is 6.92. The van der Waals surface area contributed by atoms with Gasteiger partial charge in [0.05, 0.1) is 40.7 Å². The van der Waals surface area contributed by atoms with Gasteiger partial charge in [-0.15, -0.1) is 5.10 Å². The molecule has 1 aromatic carbocycles. The lowest BCUT2D eigenvalue weighted by molar-refractivity contribution is -0.00544. The molecule has 9 nitrogen and oxygen atoms in total. The van der Waals surface area contributed by atoms with Gasteiger partial charge >= 0.3 is 0 Å². The molecule has 0 radical (unpaired) electrons. The summed E-state index contributed by atoms with van der Waals surface area (Å²) in [7, 11) is 1.89. The highest BCUT2D eigenvalue weighted by Gasteiger charge is 2.33. The quantitative estimate of drug-likeness (QED) is 0.278. The zero-order chi connectivity index (χ0) is 29.0. The summed E-state index contributed by atoms with van der Waals surface area (Å²) in [6.45, 7) is 8.96. The van der Waals surface area contributed by atoms with Crippen molar-refractivity contribution in [1.29, 1.82) is 0 Å². The lowest BCUT2D eigenvalue weighted by atomic mass is 9.86. The molecular weight excluding hydrogens is 533 g/mol. The van der Waals surface area contributed by atoms with Crippen molar-refractivity contribution in [3.8, 4) is 11.3 Å². The molecule has 0 bridgehead atoms. The van der Waals surface area contributed by atoms with Crippen LogP contribution in [0.2, 0.25) is 0 Å². The van der Waals surface area contributed by atoms with Crippen molar-refractivity contribution in [2.45, 2.75) is 51.9 Å². The summed E-state index contributed by atoms with van der Waals surface area (Å²) in [5, 5.41) is 9.44. The highest BCUT2D eigenvalue weighted by atomic mass is 19.1. The molecule has 0 amide bonds. The van der Waals surface area contributed by atoms with Crippen LogP contribution in [0.25, 0.3) is 33.3 Å². The minimum absolute atomic E-state index is 0.102. The Kier molecular flexibility index (Phi) is 6.90. The van der Waals surface area contributed by atoms with Crippen LogP contribution in [0.1, 0.15) is 44.0 Å². The number of hydrogen-bond acceptors (Lipinski definition) is 7. The van der Waals surface area contributed by atoms with E-state index in [2.05, 4.69) is 51.8 Å². The van der Waals surface area contributed by atoms with Crippen LogP contribution >= 0.6 is 0 Å². The molecule has 2 aliphatic heterocycles. The Morgan fingerprint density at radius 1 is 1.02 bits per heavy atom. The fraction of sp³-hybridized carbons (Fsp3) is 0.438. The molecule has 10 heteroatoms. The molecule has 0 spiro atoms. The first-order chi connectivity index (χ1) is 20.4. The number of rotatable bonds is 5. The lowest BCUT2D eigenvalue weighted by Gasteiger charge is -2.36. The van der Waals surface area contributed by atoms with E-state index in [1.54, 1.807) is 16.8 Å². The van der Waals surface area contributed by atoms with E-state index in [4.69, 9.17) is 19.4 Å². The van der Waals surface area contributed by atoms with Gasteiger partial charge in [-0.2, -0.15) is 0 Å². The van der Waals surface area contributed by atoms with Gasteiger partial charge in [-0.1, -0.05) is 23.4 Å². The van der Waals surface area contributed by atoms with Gasteiger partial charge in [-0.3, -0.25) is 4.98 Å². The number of pyridine rings is 2. The van der Waals surface area contributed by atoms with Gasteiger partial charge < -0.3 is 18.9 Å². The monoisotopic (exact) mass is 569 g/mol. The first kappa shape index (κ1) is 27.0. The molecule has 6 heterocycles. The summed E-state index contributed by atoms with van der Waals surface area (Å²) in [5.41, 5.74) is 5.86. The Bertz CT molecular complexity index is 1730. The SMILES string of the molecule is Cc1nnn(C)c1-c1cnc2c3ccc(N4C[C@@H](C)O[C@@H](C)C4)nc3n([C@H](c3ccccc3F)C3CCOCC3)c2c1. The highest BCUT2D eigenvalue weighted by Crippen LogP contribution is 2.42. The van der Waals surface area contributed by atoms with E-state index >= 15 is 4.39 Å². The van der Waals surface area contributed by atoms with Gasteiger partial charge in [0.2, 0.25) is 0 Å². The normalized spacial score (nSPS) is 20.9. The highest BCUT2D eigenvalue weighted by molar-refractivity contribution is 6.05. The number of fused-ring (bicyclic) bond motifs is 3.